The van der Waals surface area contributed by atoms with Crippen LogP contribution in [0.2, 0.25) is 0 Å². The van der Waals surface area contributed by atoms with Crippen molar-refractivity contribution in [2.45, 2.75) is 31.2 Å². The van der Waals surface area contributed by atoms with E-state index in [9.17, 15) is 9.18 Å². The number of hydrogen-bond donors (Lipinski definition) is 1. The van der Waals surface area contributed by atoms with E-state index in [4.69, 9.17) is 0 Å². The maximum atomic E-state index is 13.1. The summed E-state index contributed by atoms with van der Waals surface area (Å²) in [6, 6.07) is 6.43. The zero-order chi connectivity index (χ0) is 16.0. The molecule has 1 aliphatic carbocycles. The predicted molar refractivity (Wildman–Crippen MR) is 86.1 cm³/mol. The maximum absolute atomic E-state index is 13.1. The SMILES string of the molecule is Cc1nnc(N2CC(NC(=O)C3(c4ccc(F)cc4)CC3)C2)s1. The molecule has 2 heterocycles. The van der Waals surface area contributed by atoms with Gasteiger partial charge in [0, 0.05) is 13.1 Å². The molecule has 2 aliphatic rings. The Kier molecular flexibility index (Phi) is 3.33. The summed E-state index contributed by atoms with van der Waals surface area (Å²) in [6.07, 6.45) is 1.66. The molecule has 2 aromatic rings. The van der Waals surface area contributed by atoms with Gasteiger partial charge in [-0.05, 0) is 37.5 Å². The van der Waals surface area contributed by atoms with E-state index in [1.54, 1.807) is 23.5 Å². The summed E-state index contributed by atoms with van der Waals surface area (Å²) >= 11 is 1.56. The number of nitrogens with one attached hydrogen (secondary N) is 1. The van der Waals surface area contributed by atoms with Gasteiger partial charge in [-0.25, -0.2) is 4.39 Å². The molecule has 1 saturated heterocycles. The maximum Gasteiger partial charge on any atom is 0.230 e. The third kappa shape index (κ3) is 2.59. The Hall–Kier alpha value is -2.02. The first kappa shape index (κ1) is 14.6. The fraction of sp³-hybridized carbons (Fsp3) is 0.438. The number of hydrogen-bond acceptors (Lipinski definition) is 5. The minimum Gasteiger partial charge on any atom is -0.349 e. The highest BCUT2D eigenvalue weighted by Crippen LogP contribution is 2.48. The van der Waals surface area contributed by atoms with Crippen molar-refractivity contribution in [3.63, 3.8) is 0 Å². The number of amides is 1. The highest BCUT2D eigenvalue weighted by molar-refractivity contribution is 7.15. The number of halogens is 1. The largest absolute Gasteiger partial charge is 0.349 e. The molecule has 4 rings (SSSR count). The molecule has 1 aromatic carbocycles. The van der Waals surface area contributed by atoms with Gasteiger partial charge >= 0.3 is 0 Å². The lowest BCUT2D eigenvalue weighted by molar-refractivity contribution is -0.124. The molecule has 1 amide bonds. The van der Waals surface area contributed by atoms with Crippen molar-refractivity contribution in [3.05, 3.63) is 40.7 Å². The minimum absolute atomic E-state index is 0.0576. The third-order valence-electron chi connectivity index (χ3n) is 4.58. The Morgan fingerprint density at radius 2 is 2.00 bits per heavy atom. The number of carbonyl (C=O) groups is 1. The summed E-state index contributed by atoms with van der Waals surface area (Å²) in [4.78, 5) is 14.7. The van der Waals surface area contributed by atoms with E-state index < -0.39 is 5.41 Å². The monoisotopic (exact) mass is 332 g/mol. The second-order valence-corrected chi connectivity index (χ2v) is 7.43. The lowest BCUT2D eigenvalue weighted by Gasteiger charge is -2.39. The molecule has 2 fully saturated rings. The van der Waals surface area contributed by atoms with Gasteiger partial charge in [-0.1, -0.05) is 23.5 Å². The molecule has 0 atom stereocenters. The number of anilines is 1. The van der Waals surface area contributed by atoms with Crippen LogP contribution in [0, 0.1) is 12.7 Å². The van der Waals surface area contributed by atoms with Crippen molar-refractivity contribution in [3.8, 4) is 0 Å². The van der Waals surface area contributed by atoms with Crippen LogP contribution in [0.15, 0.2) is 24.3 Å². The summed E-state index contributed by atoms with van der Waals surface area (Å²) in [5.74, 6) is -0.214. The first-order valence-corrected chi connectivity index (χ1v) is 8.50. The molecular formula is C16H17FN4OS. The first-order valence-electron chi connectivity index (χ1n) is 7.69. The van der Waals surface area contributed by atoms with Gasteiger partial charge in [-0.2, -0.15) is 0 Å². The second-order valence-electron chi connectivity index (χ2n) is 6.27. The van der Waals surface area contributed by atoms with Crippen LogP contribution in [0.4, 0.5) is 9.52 Å². The number of rotatable bonds is 4. The Labute approximate surface area is 137 Å². The molecule has 0 radical (unpaired) electrons. The normalized spacial score (nSPS) is 19.3. The van der Waals surface area contributed by atoms with Crippen molar-refractivity contribution in [2.24, 2.45) is 0 Å². The summed E-state index contributed by atoms with van der Waals surface area (Å²) in [6.45, 7) is 3.46. The lowest BCUT2D eigenvalue weighted by atomic mass is 9.94. The Morgan fingerprint density at radius 1 is 1.30 bits per heavy atom. The van der Waals surface area contributed by atoms with Gasteiger partial charge in [-0.3, -0.25) is 4.79 Å². The zero-order valence-electron chi connectivity index (χ0n) is 12.8. The van der Waals surface area contributed by atoms with Crippen LogP contribution in [0.25, 0.3) is 0 Å². The molecule has 23 heavy (non-hydrogen) atoms. The van der Waals surface area contributed by atoms with Gasteiger partial charge in [0.15, 0.2) is 0 Å². The molecule has 0 spiro atoms. The van der Waals surface area contributed by atoms with Crippen LogP contribution in [0.1, 0.15) is 23.4 Å². The van der Waals surface area contributed by atoms with Gasteiger partial charge in [0.25, 0.3) is 0 Å². The van der Waals surface area contributed by atoms with Crippen LogP contribution in [-0.4, -0.2) is 35.2 Å². The van der Waals surface area contributed by atoms with Crippen LogP contribution >= 0.6 is 11.3 Å². The molecule has 0 bridgehead atoms. The molecular weight excluding hydrogens is 315 g/mol. The lowest BCUT2D eigenvalue weighted by Crippen LogP contribution is -2.60. The summed E-state index contributed by atoms with van der Waals surface area (Å²) in [7, 11) is 0. The van der Waals surface area contributed by atoms with Crippen molar-refractivity contribution in [1.29, 1.82) is 0 Å². The van der Waals surface area contributed by atoms with Gasteiger partial charge in [0.1, 0.15) is 10.8 Å². The van der Waals surface area contributed by atoms with Gasteiger partial charge in [0.05, 0.1) is 11.5 Å². The number of aryl methyl sites for hydroxylation is 1. The van der Waals surface area contributed by atoms with Crippen LogP contribution < -0.4 is 10.2 Å². The summed E-state index contributed by atoms with van der Waals surface area (Å²) < 4.78 is 13.1. The Morgan fingerprint density at radius 3 is 2.57 bits per heavy atom. The zero-order valence-corrected chi connectivity index (χ0v) is 13.6. The van der Waals surface area contributed by atoms with Crippen LogP contribution in [0.3, 0.4) is 0 Å². The fourth-order valence-corrected chi connectivity index (χ4v) is 3.71. The van der Waals surface area contributed by atoms with E-state index in [2.05, 4.69) is 20.4 Å². The van der Waals surface area contributed by atoms with E-state index in [-0.39, 0.29) is 17.8 Å². The van der Waals surface area contributed by atoms with Crippen LogP contribution in [0.5, 0.6) is 0 Å². The van der Waals surface area contributed by atoms with Crippen molar-refractivity contribution in [2.75, 3.05) is 18.0 Å². The molecule has 1 aliphatic heterocycles. The molecule has 1 saturated carbocycles. The van der Waals surface area contributed by atoms with E-state index >= 15 is 0 Å². The molecule has 1 N–H and O–H groups in total. The molecule has 120 valence electrons. The third-order valence-corrected chi connectivity index (χ3v) is 5.48. The van der Waals surface area contributed by atoms with Crippen molar-refractivity contribution in [1.82, 2.24) is 15.5 Å². The quantitative estimate of drug-likeness (QED) is 0.931. The molecule has 5 nitrogen and oxygen atoms in total. The highest BCUT2D eigenvalue weighted by Gasteiger charge is 2.52. The molecule has 7 heteroatoms. The standard InChI is InChI=1S/C16H17FN4OS/c1-10-19-20-15(23-10)21-8-13(9-21)18-14(22)16(6-7-16)11-2-4-12(17)5-3-11/h2-5,13H,6-9H2,1H3,(H,18,22). The Balaban J connectivity index is 1.37. The van der Waals surface area contributed by atoms with E-state index in [0.29, 0.717) is 0 Å². The first-order chi connectivity index (χ1) is 11.1. The van der Waals surface area contributed by atoms with Gasteiger partial charge in [0.2, 0.25) is 11.0 Å². The van der Waals surface area contributed by atoms with Crippen LogP contribution in [-0.2, 0) is 10.2 Å². The average molecular weight is 332 g/mol. The number of nitrogens with zero attached hydrogens (tertiary/aromatic N) is 3. The van der Waals surface area contributed by atoms with E-state index in [1.165, 1.54) is 12.1 Å². The minimum atomic E-state index is -0.451. The topological polar surface area (TPSA) is 58.1 Å². The fourth-order valence-electron chi connectivity index (χ4n) is 3.00. The van der Waals surface area contributed by atoms with E-state index in [0.717, 1.165) is 41.6 Å². The highest BCUT2D eigenvalue weighted by atomic mass is 32.1. The Bertz CT molecular complexity index is 735. The average Bonchev–Trinajstić information content (AvgIpc) is 3.20. The predicted octanol–water partition coefficient (Wildman–Crippen LogP) is 2.02. The number of carbonyl (C=O) groups excluding carboxylic acids is 1. The van der Waals surface area contributed by atoms with Crippen molar-refractivity contribution < 1.29 is 9.18 Å². The molecule has 1 aromatic heterocycles. The van der Waals surface area contributed by atoms with Crippen molar-refractivity contribution >= 4 is 22.4 Å². The number of benzene rings is 1. The molecule has 0 unspecified atom stereocenters. The summed E-state index contributed by atoms with van der Waals surface area (Å²) in [5, 5.41) is 13.1. The number of aromatic nitrogens is 2. The van der Waals surface area contributed by atoms with Gasteiger partial charge < -0.3 is 10.2 Å². The second kappa shape index (κ2) is 5.26. The van der Waals surface area contributed by atoms with E-state index in [1.807, 2.05) is 6.92 Å². The summed E-state index contributed by atoms with van der Waals surface area (Å²) in [5.41, 5.74) is 0.459. The smallest absolute Gasteiger partial charge is 0.230 e. The van der Waals surface area contributed by atoms with Gasteiger partial charge in [-0.15, -0.1) is 10.2 Å².